The lowest BCUT2D eigenvalue weighted by molar-refractivity contribution is -0.389. The van der Waals surface area contributed by atoms with E-state index in [2.05, 4.69) is 10.3 Å². The van der Waals surface area contributed by atoms with Crippen LogP contribution in [0.2, 0.25) is 0 Å². The molecule has 9 nitrogen and oxygen atoms in total. The van der Waals surface area contributed by atoms with Crippen molar-refractivity contribution < 1.29 is 19.2 Å². The molecule has 0 aliphatic carbocycles. The Kier molecular flexibility index (Phi) is 3.51. The molecule has 0 saturated heterocycles. The number of rotatable bonds is 2. The van der Waals surface area contributed by atoms with Crippen LogP contribution in [-0.4, -0.2) is 38.8 Å². The molecular formula is C11H16N4O5. The van der Waals surface area contributed by atoms with Crippen LogP contribution in [0.5, 0.6) is 6.01 Å². The molecule has 20 heavy (non-hydrogen) atoms. The maximum atomic E-state index is 11.6. The zero-order chi connectivity index (χ0) is 14.9. The van der Waals surface area contributed by atoms with Gasteiger partial charge in [0.1, 0.15) is 18.4 Å². The summed E-state index contributed by atoms with van der Waals surface area (Å²) in [6.07, 6.45) is 0.724. The first-order valence-corrected chi connectivity index (χ1v) is 6.08. The number of nitrogens with zero attached hydrogens (tertiary/aromatic N) is 3. The molecule has 9 heteroatoms. The Morgan fingerprint density at radius 2 is 2.35 bits per heavy atom. The van der Waals surface area contributed by atoms with E-state index in [9.17, 15) is 14.9 Å². The third kappa shape index (κ3) is 3.37. The van der Waals surface area contributed by atoms with Crippen LogP contribution in [0.15, 0.2) is 6.20 Å². The fraction of sp³-hybridized carbons (Fsp3) is 0.636. The molecule has 2 rings (SSSR count). The van der Waals surface area contributed by atoms with Gasteiger partial charge in [0.05, 0.1) is 12.6 Å². The lowest BCUT2D eigenvalue weighted by Gasteiger charge is -2.25. The van der Waals surface area contributed by atoms with E-state index in [-0.39, 0.29) is 24.5 Å². The number of nitrogens with one attached hydrogen (secondary N) is 1. The normalized spacial score (nSPS) is 17.9. The van der Waals surface area contributed by atoms with Crippen LogP contribution < -0.4 is 10.1 Å². The van der Waals surface area contributed by atoms with Gasteiger partial charge in [-0.15, -0.1) is 0 Å². The number of ether oxygens (including phenoxy) is 2. The van der Waals surface area contributed by atoms with Crippen LogP contribution in [0.25, 0.3) is 0 Å². The molecule has 0 fully saturated rings. The van der Waals surface area contributed by atoms with Crippen molar-refractivity contribution in [2.45, 2.75) is 39.0 Å². The van der Waals surface area contributed by atoms with Crippen molar-refractivity contribution in [3.8, 4) is 6.01 Å². The Morgan fingerprint density at radius 1 is 1.65 bits per heavy atom. The predicted molar refractivity (Wildman–Crippen MR) is 67.5 cm³/mol. The van der Waals surface area contributed by atoms with Gasteiger partial charge in [0.25, 0.3) is 0 Å². The molecule has 1 N–H and O–H groups in total. The summed E-state index contributed by atoms with van der Waals surface area (Å²) in [5, 5.41) is 13.3. The van der Waals surface area contributed by atoms with Crippen LogP contribution in [0.4, 0.5) is 10.6 Å². The molecule has 0 aromatic carbocycles. The Bertz CT molecular complexity index is 533. The molecule has 1 aliphatic rings. The van der Waals surface area contributed by atoms with E-state index in [1.54, 1.807) is 20.8 Å². The predicted octanol–water partition coefficient (Wildman–Crippen LogP) is 1.08. The number of hydrogen-bond acceptors (Lipinski definition) is 6. The van der Waals surface area contributed by atoms with Crippen molar-refractivity contribution in [2.75, 3.05) is 6.61 Å². The summed E-state index contributed by atoms with van der Waals surface area (Å²) in [4.78, 5) is 25.4. The lowest BCUT2D eigenvalue weighted by Crippen LogP contribution is -2.46. The Balaban J connectivity index is 1.97. The van der Waals surface area contributed by atoms with Gasteiger partial charge in [-0.2, -0.15) is 0 Å². The van der Waals surface area contributed by atoms with E-state index in [0.717, 1.165) is 0 Å². The number of fused-ring (bicyclic) bond motifs is 1. The fourth-order valence-electron chi connectivity index (χ4n) is 1.75. The van der Waals surface area contributed by atoms with Crippen molar-refractivity contribution >= 4 is 11.9 Å². The van der Waals surface area contributed by atoms with Gasteiger partial charge in [0, 0.05) is 4.98 Å². The van der Waals surface area contributed by atoms with E-state index in [1.807, 2.05) is 0 Å². The number of alkyl carbamates (subject to hydrolysis) is 1. The quantitative estimate of drug-likeness (QED) is 0.643. The molecule has 1 aliphatic heterocycles. The minimum absolute atomic E-state index is 0.180. The maximum Gasteiger partial charge on any atom is 0.414 e. The summed E-state index contributed by atoms with van der Waals surface area (Å²) in [5.74, 6) is -0.280. The highest BCUT2D eigenvalue weighted by Crippen LogP contribution is 2.21. The molecule has 2 heterocycles. The van der Waals surface area contributed by atoms with Gasteiger partial charge in [0.2, 0.25) is 0 Å². The second-order valence-electron chi connectivity index (χ2n) is 5.45. The SMILES string of the molecule is CC(C)(C)OC(=O)NC1COc2nc([N+](=O)[O-])cn2C1. The number of aromatic nitrogens is 2. The molecule has 1 aromatic heterocycles. The largest absolute Gasteiger partial charge is 0.444 e. The average Bonchev–Trinajstić information content (AvgIpc) is 2.69. The van der Waals surface area contributed by atoms with Crippen molar-refractivity contribution in [3.05, 3.63) is 16.3 Å². The fourth-order valence-corrected chi connectivity index (χ4v) is 1.75. The van der Waals surface area contributed by atoms with Gasteiger partial charge in [-0.25, -0.2) is 4.79 Å². The standard InChI is InChI=1S/C11H16N4O5/c1-11(2,3)20-10(16)12-7-4-14-5-8(15(17)18)13-9(14)19-6-7/h5,7H,4,6H2,1-3H3,(H,12,16). The van der Waals surface area contributed by atoms with E-state index in [4.69, 9.17) is 9.47 Å². The summed E-state index contributed by atoms with van der Waals surface area (Å²) in [5.41, 5.74) is -0.585. The number of carbonyl (C=O) groups is 1. The van der Waals surface area contributed by atoms with E-state index < -0.39 is 16.6 Å². The molecule has 0 spiro atoms. The number of amides is 1. The molecular weight excluding hydrogens is 268 g/mol. The summed E-state index contributed by atoms with van der Waals surface area (Å²) in [7, 11) is 0. The minimum atomic E-state index is -0.592. The van der Waals surface area contributed by atoms with Crippen molar-refractivity contribution in [1.29, 1.82) is 0 Å². The van der Waals surface area contributed by atoms with Crippen LogP contribution in [0.1, 0.15) is 20.8 Å². The van der Waals surface area contributed by atoms with Gasteiger partial charge in [-0.3, -0.25) is 4.57 Å². The third-order valence-corrected chi connectivity index (χ3v) is 2.47. The summed E-state index contributed by atoms with van der Waals surface area (Å²) in [6, 6.07) is -0.148. The first-order valence-electron chi connectivity index (χ1n) is 6.08. The van der Waals surface area contributed by atoms with Crippen LogP contribution in [0, 0.1) is 10.1 Å². The monoisotopic (exact) mass is 284 g/mol. The van der Waals surface area contributed by atoms with Crippen LogP contribution >= 0.6 is 0 Å². The number of nitro groups is 1. The summed E-state index contributed by atoms with van der Waals surface area (Å²) < 4.78 is 11.9. The zero-order valence-electron chi connectivity index (χ0n) is 11.5. The molecule has 0 saturated carbocycles. The molecule has 110 valence electrons. The van der Waals surface area contributed by atoms with Crippen LogP contribution in [-0.2, 0) is 11.3 Å². The minimum Gasteiger partial charge on any atom is -0.444 e. The smallest absolute Gasteiger partial charge is 0.414 e. The maximum absolute atomic E-state index is 11.6. The van der Waals surface area contributed by atoms with Crippen molar-refractivity contribution in [2.24, 2.45) is 0 Å². The molecule has 0 bridgehead atoms. The molecule has 1 unspecified atom stereocenters. The van der Waals surface area contributed by atoms with E-state index >= 15 is 0 Å². The van der Waals surface area contributed by atoms with E-state index in [1.165, 1.54) is 10.8 Å². The van der Waals surface area contributed by atoms with Gasteiger partial charge >= 0.3 is 17.9 Å². The highest BCUT2D eigenvalue weighted by Gasteiger charge is 2.29. The molecule has 1 atom stereocenters. The average molecular weight is 284 g/mol. The molecule has 1 aromatic rings. The van der Waals surface area contributed by atoms with Crippen molar-refractivity contribution in [1.82, 2.24) is 14.9 Å². The summed E-state index contributed by atoms with van der Waals surface area (Å²) in [6.45, 7) is 5.83. The highest BCUT2D eigenvalue weighted by atomic mass is 16.6. The highest BCUT2D eigenvalue weighted by molar-refractivity contribution is 5.68. The topological polar surface area (TPSA) is 109 Å². The molecule has 0 radical (unpaired) electrons. The zero-order valence-corrected chi connectivity index (χ0v) is 11.5. The van der Waals surface area contributed by atoms with Gasteiger partial charge in [0.15, 0.2) is 0 Å². The lowest BCUT2D eigenvalue weighted by atomic mass is 10.2. The number of carbonyl (C=O) groups excluding carboxylic acids is 1. The Morgan fingerprint density at radius 3 is 2.95 bits per heavy atom. The first-order chi connectivity index (χ1) is 9.24. The second-order valence-corrected chi connectivity index (χ2v) is 5.45. The van der Waals surface area contributed by atoms with Gasteiger partial charge in [-0.05, 0) is 25.7 Å². The van der Waals surface area contributed by atoms with Gasteiger partial charge < -0.3 is 24.9 Å². The molecule has 1 amide bonds. The first kappa shape index (κ1) is 14.1. The Labute approximate surface area is 115 Å². The summed E-state index contributed by atoms with van der Waals surface area (Å²) >= 11 is 0. The number of hydrogen-bond donors (Lipinski definition) is 1. The third-order valence-electron chi connectivity index (χ3n) is 2.47. The van der Waals surface area contributed by atoms with Crippen LogP contribution in [0.3, 0.4) is 0 Å². The van der Waals surface area contributed by atoms with Crippen molar-refractivity contribution in [3.63, 3.8) is 0 Å². The number of imidazole rings is 1. The van der Waals surface area contributed by atoms with Gasteiger partial charge in [-0.1, -0.05) is 0 Å². The Hall–Kier alpha value is -2.32. The second kappa shape index (κ2) is 4.99. The van der Waals surface area contributed by atoms with E-state index in [0.29, 0.717) is 6.54 Å².